The van der Waals surface area contributed by atoms with Gasteiger partial charge in [-0.25, -0.2) is 38.5 Å². The van der Waals surface area contributed by atoms with Gasteiger partial charge >= 0.3 is 0 Å². The molecule has 0 aliphatic carbocycles. The molecule has 0 N–H and O–H groups in total. The minimum Gasteiger partial charge on any atom is -0.346 e. The Kier molecular flexibility index (Phi) is 285. The van der Waals surface area contributed by atoms with Gasteiger partial charge in [0.2, 0.25) is 0 Å². The summed E-state index contributed by atoms with van der Waals surface area (Å²) in [5.74, 6) is 0. The van der Waals surface area contributed by atoms with E-state index in [2.05, 4.69) is 41.5 Å². The van der Waals surface area contributed by atoms with Crippen LogP contribution in [0.15, 0.2) is 0 Å². The summed E-state index contributed by atoms with van der Waals surface area (Å²) in [4.78, 5) is 0. The normalized spacial score (nSPS) is 5.29. The first-order valence-corrected chi connectivity index (χ1v) is 4.50. The van der Waals surface area contributed by atoms with Crippen molar-refractivity contribution < 1.29 is 20.1 Å². The first kappa shape index (κ1) is 52.5. The standard InChI is InChI=1S/3C4H8.4CH4.Ir/c3*1-3-4-2;;;;;/h3*1-4H2;4*1H4;/q3*-2;;;;;. The van der Waals surface area contributed by atoms with Crippen molar-refractivity contribution in [2.24, 2.45) is 0 Å². The third-order valence-electron chi connectivity index (χ3n) is 0.750. The molecule has 0 aromatic carbocycles. The summed E-state index contributed by atoms with van der Waals surface area (Å²) in [6.07, 6.45) is 5.75. The molecule has 0 aliphatic heterocycles. The Morgan fingerprint density at radius 1 is 0.353 bits per heavy atom. The molecule has 0 aliphatic rings. The number of rotatable bonds is 3. The van der Waals surface area contributed by atoms with E-state index in [-0.39, 0.29) is 49.8 Å². The monoisotopic (exact) mass is 425 g/mol. The maximum Gasteiger partial charge on any atom is 0 e. The molecule has 0 unspecified atom stereocenters. The molecule has 0 aromatic rings. The SMILES string of the molecule is C.C.C.C.[CH2-]CC[CH2-].[CH2-]CC[CH2-].[CH2-]CC[CH2-].[Ir]. The van der Waals surface area contributed by atoms with Crippen LogP contribution in [0.4, 0.5) is 0 Å². The molecular formula is C16H40Ir-6. The van der Waals surface area contributed by atoms with Crippen LogP contribution < -0.4 is 0 Å². The fourth-order valence-corrected chi connectivity index (χ4v) is 0. The molecule has 0 aromatic heterocycles. The molecule has 0 bridgehead atoms. The maximum atomic E-state index is 3.54. The quantitative estimate of drug-likeness (QED) is 0.435. The van der Waals surface area contributed by atoms with E-state index < -0.39 is 0 Å². The summed E-state index contributed by atoms with van der Waals surface area (Å²) in [6.45, 7) is 21.2. The fraction of sp³-hybridized carbons (Fsp3) is 0.625. The number of unbranched alkanes of at least 4 members (excludes halogenated alkanes) is 3. The van der Waals surface area contributed by atoms with Gasteiger partial charge in [0.25, 0.3) is 0 Å². The van der Waals surface area contributed by atoms with Gasteiger partial charge in [-0.05, 0) is 0 Å². The largest absolute Gasteiger partial charge is 0.346 e. The van der Waals surface area contributed by atoms with Crippen LogP contribution in [0.2, 0.25) is 0 Å². The van der Waals surface area contributed by atoms with E-state index in [4.69, 9.17) is 0 Å². The molecule has 0 spiro atoms. The Bertz CT molecular complexity index is 21.0. The van der Waals surface area contributed by atoms with Crippen molar-refractivity contribution in [1.29, 1.82) is 0 Å². The summed E-state index contributed by atoms with van der Waals surface area (Å²) in [5, 5.41) is 0. The van der Waals surface area contributed by atoms with Crippen molar-refractivity contribution in [3.05, 3.63) is 41.5 Å². The van der Waals surface area contributed by atoms with Crippen molar-refractivity contribution in [1.82, 2.24) is 0 Å². The third-order valence-corrected chi connectivity index (χ3v) is 0.750. The van der Waals surface area contributed by atoms with E-state index >= 15 is 0 Å². The summed E-state index contributed by atoms with van der Waals surface area (Å²) < 4.78 is 0. The Morgan fingerprint density at radius 2 is 0.412 bits per heavy atom. The van der Waals surface area contributed by atoms with Crippen molar-refractivity contribution in [3.8, 4) is 0 Å². The molecule has 0 saturated heterocycles. The van der Waals surface area contributed by atoms with Crippen LogP contribution in [0, 0.1) is 41.5 Å². The van der Waals surface area contributed by atoms with Crippen LogP contribution in [-0.2, 0) is 20.1 Å². The van der Waals surface area contributed by atoms with Crippen molar-refractivity contribution in [2.75, 3.05) is 0 Å². The van der Waals surface area contributed by atoms with Crippen molar-refractivity contribution in [2.45, 2.75) is 68.2 Å². The average Bonchev–Trinajstić information content (AvgIpc) is 2.18. The minimum absolute atomic E-state index is 0. The molecule has 119 valence electrons. The predicted molar refractivity (Wildman–Crippen MR) is 86.8 cm³/mol. The van der Waals surface area contributed by atoms with Crippen LogP contribution in [0.5, 0.6) is 0 Å². The minimum atomic E-state index is 0. The van der Waals surface area contributed by atoms with Gasteiger partial charge in [-0.2, -0.15) is 0 Å². The zero-order chi connectivity index (χ0) is 10.2. The van der Waals surface area contributed by atoms with Crippen LogP contribution in [0.3, 0.4) is 0 Å². The van der Waals surface area contributed by atoms with Gasteiger partial charge in [0.1, 0.15) is 0 Å². The molecule has 0 atom stereocenters. The molecule has 1 heteroatoms. The molecular weight excluding hydrogens is 384 g/mol. The number of hydrogen-bond donors (Lipinski definition) is 0. The molecule has 0 fully saturated rings. The summed E-state index contributed by atoms with van der Waals surface area (Å²) in [6, 6.07) is 0. The first-order chi connectivity index (χ1) is 5.74. The second kappa shape index (κ2) is 92.2. The van der Waals surface area contributed by atoms with Crippen LogP contribution in [-0.4, -0.2) is 0 Å². The van der Waals surface area contributed by atoms with Crippen LogP contribution in [0.1, 0.15) is 68.2 Å². The topological polar surface area (TPSA) is 0 Å². The maximum absolute atomic E-state index is 3.54. The Labute approximate surface area is 130 Å². The first-order valence-electron chi connectivity index (χ1n) is 4.50. The van der Waals surface area contributed by atoms with Crippen molar-refractivity contribution >= 4 is 0 Å². The molecule has 0 heterocycles. The van der Waals surface area contributed by atoms with Gasteiger partial charge in [-0.1, -0.05) is 29.7 Å². The Balaban J connectivity index is -0.0000000104. The molecule has 0 amide bonds. The van der Waals surface area contributed by atoms with E-state index in [0.29, 0.717) is 0 Å². The van der Waals surface area contributed by atoms with E-state index in [9.17, 15) is 0 Å². The Hall–Kier alpha value is 0.649. The molecule has 17 heavy (non-hydrogen) atoms. The van der Waals surface area contributed by atoms with E-state index in [0.717, 1.165) is 38.5 Å². The van der Waals surface area contributed by atoms with Gasteiger partial charge in [-0.15, -0.1) is 0 Å². The second-order valence-corrected chi connectivity index (χ2v) is 2.12. The van der Waals surface area contributed by atoms with Crippen molar-refractivity contribution in [3.63, 3.8) is 0 Å². The zero-order valence-corrected chi connectivity index (χ0v) is 11.2. The second-order valence-electron chi connectivity index (χ2n) is 2.12. The van der Waals surface area contributed by atoms with E-state index in [1.165, 1.54) is 0 Å². The predicted octanol–water partition coefficient (Wildman–Crippen LogP) is 6.85. The molecule has 1 radical (unpaired) electrons. The molecule has 0 saturated carbocycles. The van der Waals surface area contributed by atoms with Crippen LogP contribution >= 0.6 is 0 Å². The summed E-state index contributed by atoms with van der Waals surface area (Å²) >= 11 is 0. The van der Waals surface area contributed by atoms with Gasteiger partial charge < -0.3 is 41.5 Å². The average molecular weight is 425 g/mol. The molecule has 0 rings (SSSR count). The smallest absolute Gasteiger partial charge is 0 e. The summed E-state index contributed by atoms with van der Waals surface area (Å²) in [5.41, 5.74) is 0. The third kappa shape index (κ3) is 268. The van der Waals surface area contributed by atoms with Gasteiger partial charge in [0, 0.05) is 20.1 Å². The van der Waals surface area contributed by atoms with Crippen LogP contribution in [0.25, 0.3) is 0 Å². The molecule has 0 nitrogen and oxygen atoms in total. The van der Waals surface area contributed by atoms with Gasteiger partial charge in [-0.3, -0.25) is 0 Å². The summed E-state index contributed by atoms with van der Waals surface area (Å²) in [7, 11) is 0. The van der Waals surface area contributed by atoms with E-state index in [1.807, 2.05) is 0 Å². The fourth-order valence-electron chi connectivity index (χ4n) is 0. The van der Waals surface area contributed by atoms with E-state index in [1.54, 1.807) is 0 Å². The van der Waals surface area contributed by atoms with Gasteiger partial charge in [0.05, 0.1) is 0 Å². The van der Waals surface area contributed by atoms with Gasteiger partial charge in [0.15, 0.2) is 0 Å². The number of hydrogen-bond acceptors (Lipinski definition) is 0. The Morgan fingerprint density at radius 3 is 0.412 bits per heavy atom. The zero-order valence-electron chi connectivity index (χ0n) is 8.82.